The summed E-state index contributed by atoms with van der Waals surface area (Å²) in [5.41, 5.74) is 1.31. The summed E-state index contributed by atoms with van der Waals surface area (Å²) in [7, 11) is 0. The molecule has 2 atom stereocenters. The molecule has 1 aliphatic heterocycles. The lowest BCUT2D eigenvalue weighted by Gasteiger charge is -2.30. The highest BCUT2D eigenvalue weighted by Crippen LogP contribution is 2.22. The van der Waals surface area contributed by atoms with E-state index in [-0.39, 0.29) is 11.9 Å². The van der Waals surface area contributed by atoms with Crippen LogP contribution in [0.3, 0.4) is 0 Å². The zero-order chi connectivity index (χ0) is 15.8. The van der Waals surface area contributed by atoms with Crippen LogP contribution in [0, 0.1) is 0 Å². The molecule has 1 aromatic rings. The van der Waals surface area contributed by atoms with Gasteiger partial charge in [0.1, 0.15) is 0 Å². The monoisotopic (exact) mass is 341 g/mol. The van der Waals surface area contributed by atoms with Crippen molar-refractivity contribution in [1.82, 2.24) is 15.5 Å². The molecule has 1 saturated heterocycles. The SMILES string of the molecule is CCN(CC)C(CNC(=O)CC1CSCCN1)c1ccsc1. The van der Waals surface area contributed by atoms with Crippen LogP contribution >= 0.6 is 23.1 Å². The lowest BCUT2D eigenvalue weighted by atomic mass is 10.1. The Labute approximate surface area is 142 Å². The number of carbonyl (C=O) groups is 1. The summed E-state index contributed by atoms with van der Waals surface area (Å²) in [6.45, 7) is 8.04. The zero-order valence-electron chi connectivity index (χ0n) is 13.5. The Bertz CT molecular complexity index is 429. The van der Waals surface area contributed by atoms with Gasteiger partial charge in [0, 0.05) is 37.1 Å². The van der Waals surface area contributed by atoms with Crippen molar-refractivity contribution in [3.8, 4) is 0 Å². The summed E-state index contributed by atoms with van der Waals surface area (Å²) < 4.78 is 0. The van der Waals surface area contributed by atoms with Crippen LogP contribution in [0.2, 0.25) is 0 Å². The first-order valence-corrected chi connectivity index (χ1v) is 10.2. The molecule has 4 nitrogen and oxygen atoms in total. The van der Waals surface area contributed by atoms with Gasteiger partial charge in [-0.15, -0.1) is 0 Å². The molecule has 1 aliphatic rings. The van der Waals surface area contributed by atoms with Gasteiger partial charge >= 0.3 is 0 Å². The molecule has 0 aliphatic carbocycles. The topological polar surface area (TPSA) is 44.4 Å². The summed E-state index contributed by atoms with van der Waals surface area (Å²) in [5, 5.41) is 10.9. The van der Waals surface area contributed by atoms with Crippen LogP contribution in [0.5, 0.6) is 0 Å². The third-order valence-corrected chi connectivity index (χ3v) is 5.94. The van der Waals surface area contributed by atoms with Crippen LogP contribution in [0.1, 0.15) is 31.9 Å². The molecule has 22 heavy (non-hydrogen) atoms. The number of hydrogen-bond donors (Lipinski definition) is 2. The van der Waals surface area contributed by atoms with Crippen LogP contribution in [-0.4, -0.2) is 54.5 Å². The Morgan fingerprint density at radius 3 is 2.91 bits per heavy atom. The van der Waals surface area contributed by atoms with Gasteiger partial charge in [0.15, 0.2) is 0 Å². The molecular formula is C16H27N3OS2. The normalized spacial score (nSPS) is 20.0. The van der Waals surface area contributed by atoms with Gasteiger partial charge in [-0.1, -0.05) is 13.8 Å². The second-order valence-electron chi connectivity index (χ2n) is 5.53. The van der Waals surface area contributed by atoms with Gasteiger partial charge in [-0.05, 0) is 35.5 Å². The molecule has 1 amide bonds. The molecule has 1 fully saturated rings. The molecule has 0 bridgehead atoms. The highest BCUT2D eigenvalue weighted by Gasteiger charge is 2.21. The summed E-state index contributed by atoms with van der Waals surface area (Å²) in [6, 6.07) is 2.77. The van der Waals surface area contributed by atoms with Crippen molar-refractivity contribution in [2.75, 3.05) is 37.7 Å². The maximum Gasteiger partial charge on any atom is 0.221 e. The minimum atomic E-state index is 0.160. The quantitative estimate of drug-likeness (QED) is 0.762. The van der Waals surface area contributed by atoms with Crippen LogP contribution in [-0.2, 0) is 4.79 Å². The van der Waals surface area contributed by atoms with E-state index in [4.69, 9.17) is 0 Å². The van der Waals surface area contributed by atoms with Crippen molar-refractivity contribution in [2.45, 2.75) is 32.4 Å². The fraction of sp³-hybridized carbons (Fsp3) is 0.688. The minimum absolute atomic E-state index is 0.160. The molecule has 0 spiro atoms. The number of likely N-dealkylation sites (N-methyl/N-ethyl adjacent to an activating group) is 1. The first-order valence-electron chi connectivity index (χ1n) is 8.08. The third kappa shape index (κ3) is 5.26. The molecular weight excluding hydrogens is 314 g/mol. The second-order valence-corrected chi connectivity index (χ2v) is 7.46. The fourth-order valence-corrected chi connectivity index (χ4v) is 4.50. The summed E-state index contributed by atoms with van der Waals surface area (Å²) in [6.07, 6.45) is 0.585. The van der Waals surface area contributed by atoms with Crippen LogP contribution in [0.15, 0.2) is 16.8 Å². The Morgan fingerprint density at radius 2 is 2.32 bits per heavy atom. The van der Waals surface area contributed by atoms with Gasteiger partial charge in [-0.3, -0.25) is 9.69 Å². The van der Waals surface area contributed by atoms with Crippen molar-refractivity contribution in [3.63, 3.8) is 0 Å². The van der Waals surface area contributed by atoms with Crippen LogP contribution in [0.4, 0.5) is 0 Å². The Hall–Kier alpha value is -0.560. The Morgan fingerprint density at radius 1 is 1.50 bits per heavy atom. The maximum absolute atomic E-state index is 12.2. The smallest absolute Gasteiger partial charge is 0.221 e. The van der Waals surface area contributed by atoms with E-state index in [1.165, 1.54) is 5.56 Å². The summed E-state index contributed by atoms with van der Waals surface area (Å²) >= 11 is 3.65. The molecule has 124 valence electrons. The van der Waals surface area contributed by atoms with Crippen molar-refractivity contribution in [3.05, 3.63) is 22.4 Å². The van der Waals surface area contributed by atoms with E-state index in [0.29, 0.717) is 19.0 Å². The molecule has 6 heteroatoms. The van der Waals surface area contributed by atoms with E-state index in [9.17, 15) is 4.79 Å². The van der Waals surface area contributed by atoms with E-state index >= 15 is 0 Å². The highest BCUT2D eigenvalue weighted by molar-refractivity contribution is 7.99. The number of carbonyl (C=O) groups excluding carboxylic acids is 1. The van der Waals surface area contributed by atoms with Gasteiger partial charge in [-0.25, -0.2) is 0 Å². The van der Waals surface area contributed by atoms with Crippen LogP contribution < -0.4 is 10.6 Å². The van der Waals surface area contributed by atoms with E-state index in [2.05, 4.69) is 46.2 Å². The van der Waals surface area contributed by atoms with Crippen LogP contribution in [0.25, 0.3) is 0 Å². The predicted molar refractivity (Wildman–Crippen MR) is 96.7 cm³/mol. The van der Waals surface area contributed by atoms with E-state index in [0.717, 1.165) is 31.1 Å². The number of hydrogen-bond acceptors (Lipinski definition) is 5. The largest absolute Gasteiger partial charge is 0.354 e. The standard InChI is InChI=1S/C16H27N3OS2/c1-3-19(4-2)15(13-5-7-21-11-13)10-18-16(20)9-14-12-22-8-6-17-14/h5,7,11,14-15,17H,3-4,6,8-10,12H2,1-2H3,(H,18,20). The second kappa shape index (κ2) is 9.55. The number of nitrogens with one attached hydrogen (secondary N) is 2. The lowest BCUT2D eigenvalue weighted by Crippen LogP contribution is -2.43. The number of amides is 1. The van der Waals surface area contributed by atoms with Crippen molar-refractivity contribution in [2.24, 2.45) is 0 Å². The first kappa shape index (κ1) is 17.8. The third-order valence-electron chi connectivity index (χ3n) is 4.10. The van der Waals surface area contributed by atoms with Crippen molar-refractivity contribution < 1.29 is 4.79 Å². The zero-order valence-corrected chi connectivity index (χ0v) is 15.1. The number of thioether (sulfide) groups is 1. The highest BCUT2D eigenvalue weighted by atomic mass is 32.2. The summed E-state index contributed by atoms with van der Waals surface area (Å²) in [5.74, 6) is 2.35. The average Bonchev–Trinajstić information content (AvgIpc) is 3.06. The lowest BCUT2D eigenvalue weighted by molar-refractivity contribution is -0.121. The van der Waals surface area contributed by atoms with Gasteiger partial charge in [0.25, 0.3) is 0 Å². The van der Waals surface area contributed by atoms with E-state index in [1.807, 2.05) is 11.8 Å². The van der Waals surface area contributed by atoms with Crippen molar-refractivity contribution >= 4 is 29.0 Å². The molecule has 1 aromatic heterocycles. The predicted octanol–water partition coefficient (Wildman–Crippen LogP) is 2.34. The van der Waals surface area contributed by atoms with Gasteiger partial charge in [0.05, 0.1) is 6.04 Å². The van der Waals surface area contributed by atoms with E-state index < -0.39 is 0 Å². The maximum atomic E-state index is 12.2. The summed E-state index contributed by atoms with van der Waals surface area (Å²) in [4.78, 5) is 14.6. The number of rotatable bonds is 8. The van der Waals surface area contributed by atoms with Gasteiger partial charge in [0.2, 0.25) is 5.91 Å². The van der Waals surface area contributed by atoms with Gasteiger partial charge < -0.3 is 10.6 Å². The molecule has 2 unspecified atom stereocenters. The molecule has 0 radical (unpaired) electrons. The molecule has 0 saturated carbocycles. The fourth-order valence-electron chi connectivity index (χ4n) is 2.84. The van der Waals surface area contributed by atoms with E-state index in [1.54, 1.807) is 11.3 Å². The molecule has 2 N–H and O–H groups in total. The average molecular weight is 342 g/mol. The minimum Gasteiger partial charge on any atom is -0.354 e. The molecule has 2 heterocycles. The Kier molecular flexibility index (Phi) is 7.72. The first-order chi connectivity index (χ1) is 10.7. The van der Waals surface area contributed by atoms with Gasteiger partial charge in [-0.2, -0.15) is 23.1 Å². The Balaban J connectivity index is 1.86. The number of nitrogens with zero attached hydrogens (tertiary/aromatic N) is 1. The van der Waals surface area contributed by atoms with Crippen molar-refractivity contribution in [1.29, 1.82) is 0 Å². The number of thiophene rings is 1. The molecule has 2 rings (SSSR count). The molecule has 0 aromatic carbocycles.